The first kappa shape index (κ1) is 39.4. The largest absolute Gasteiger partial charge is 0.481 e. The van der Waals surface area contributed by atoms with Crippen LogP contribution in [0.3, 0.4) is 0 Å². The maximum Gasteiger partial charge on any atom is 0.264 e. The van der Waals surface area contributed by atoms with E-state index in [4.69, 9.17) is 37.1 Å². The summed E-state index contributed by atoms with van der Waals surface area (Å²) in [6, 6.07) is 26.7. The Labute approximate surface area is 340 Å². The number of ether oxygens (including phenoxy) is 2. The Morgan fingerprint density at radius 1 is 0.684 bits per heavy atom. The third-order valence-electron chi connectivity index (χ3n) is 9.93. The fraction of sp³-hybridized carbons (Fsp3) is 0.279. The summed E-state index contributed by atoms with van der Waals surface area (Å²) in [5, 5.41) is 6.88. The smallest absolute Gasteiger partial charge is 0.264 e. The maximum absolute atomic E-state index is 13.3. The van der Waals surface area contributed by atoms with Crippen molar-refractivity contribution in [1.29, 1.82) is 0 Å². The van der Waals surface area contributed by atoms with Crippen LogP contribution in [-0.4, -0.2) is 75.8 Å². The lowest BCUT2D eigenvalue weighted by Gasteiger charge is -2.27. The van der Waals surface area contributed by atoms with Gasteiger partial charge in [0.15, 0.2) is 18.0 Å². The van der Waals surface area contributed by atoms with Crippen molar-refractivity contribution in [2.75, 3.05) is 23.7 Å². The Hall–Kier alpha value is -5.85. The van der Waals surface area contributed by atoms with Crippen molar-refractivity contribution >= 4 is 58.2 Å². The number of amides is 4. The van der Waals surface area contributed by atoms with Gasteiger partial charge in [0.05, 0.1) is 6.20 Å². The van der Waals surface area contributed by atoms with Gasteiger partial charge in [-0.2, -0.15) is 0 Å². The van der Waals surface area contributed by atoms with Gasteiger partial charge in [-0.15, -0.1) is 0 Å². The van der Waals surface area contributed by atoms with Crippen LogP contribution in [0.1, 0.15) is 39.5 Å². The first-order valence-corrected chi connectivity index (χ1v) is 19.5. The Morgan fingerprint density at radius 3 is 1.60 bits per heavy atom. The first-order valence-electron chi connectivity index (χ1n) is 18.8. The number of carbonyl (C=O) groups excluding carboxylic acids is 4. The number of nitrogens with zero attached hydrogens (tertiary/aromatic N) is 3. The van der Waals surface area contributed by atoms with E-state index in [0.717, 1.165) is 5.56 Å². The second kappa shape index (κ2) is 17.5. The lowest BCUT2D eigenvalue weighted by atomic mass is 10.1. The molecule has 294 valence electrons. The van der Waals surface area contributed by atoms with Gasteiger partial charge in [0.25, 0.3) is 11.8 Å². The average Bonchev–Trinajstić information content (AvgIpc) is 4.00. The number of hydrogen-bond acceptors (Lipinski definition) is 8. The van der Waals surface area contributed by atoms with Crippen LogP contribution >= 0.6 is 23.2 Å². The van der Waals surface area contributed by atoms with E-state index in [9.17, 15) is 19.2 Å². The van der Waals surface area contributed by atoms with Crippen molar-refractivity contribution in [2.24, 2.45) is 0 Å². The summed E-state index contributed by atoms with van der Waals surface area (Å²) in [7, 11) is 0. The van der Waals surface area contributed by atoms with Crippen LogP contribution in [0.4, 0.5) is 11.4 Å². The number of rotatable bonds is 12. The topological polar surface area (TPSA) is 143 Å². The van der Waals surface area contributed by atoms with E-state index in [-0.39, 0.29) is 23.6 Å². The van der Waals surface area contributed by atoms with E-state index < -0.39 is 24.3 Å². The standard InChI is InChI=1S/C43H41Cl2N5O7/c1-26(55-34-9-3-7-30(44)23-34)42(53)49-21-5-11-36(49)39(51)47-32-17-13-28(14-18-32)38-25-46-41(57-38)29-15-19-33(20-16-29)48-40(52)37-12-6-22-50(37)43(54)27(2)56-35-10-4-8-31(45)24-35/h3-4,7-10,13-20,23-27,36-37H,5-6,11-12,21-22H2,1-2H3,(H,47,51)(H,48,52)/t26?,27-,36?,37-/m0/s1. The van der Waals surface area contributed by atoms with Gasteiger partial charge >= 0.3 is 0 Å². The van der Waals surface area contributed by atoms with Crippen LogP contribution in [0.25, 0.3) is 22.8 Å². The molecule has 0 aliphatic carbocycles. The van der Waals surface area contributed by atoms with Gasteiger partial charge in [-0.3, -0.25) is 19.2 Å². The van der Waals surface area contributed by atoms with Gasteiger partial charge in [-0.05, 0) is 124 Å². The molecule has 0 radical (unpaired) electrons. The minimum atomic E-state index is -0.788. The maximum atomic E-state index is 13.3. The van der Waals surface area contributed by atoms with Crippen LogP contribution in [0.2, 0.25) is 10.0 Å². The van der Waals surface area contributed by atoms with Crippen molar-refractivity contribution in [2.45, 2.75) is 63.8 Å². The molecular formula is C43H41Cl2N5O7. The van der Waals surface area contributed by atoms with Gasteiger partial charge in [-0.25, -0.2) is 4.98 Å². The fourth-order valence-electron chi connectivity index (χ4n) is 7.07. The summed E-state index contributed by atoms with van der Waals surface area (Å²) >= 11 is 12.1. The average molecular weight is 811 g/mol. The molecule has 2 N–H and O–H groups in total. The Balaban J connectivity index is 0.915. The second-order valence-electron chi connectivity index (χ2n) is 14.0. The third kappa shape index (κ3) is 9.41. The molecule has 4 atom stereocenters. The predicted molar refractivity (Wildman–Crippen MR) is 217 cm³/mol. The molecule has 2 aliphatic heterocycles. The molecule has 2 unspecified atom stereocenters. The first-order chi connectivity index (χ1) is 27.5. The normalized spacial score (nSPS) is 17.5. The number of oxazole rings is 1. The molecule has 2 fully saturated rings. The third-order valence-corrected chi connectivity index (χ3v) is 10.4. The van der Waals surface area contributed by atoms with Crippen LogP contribution in [0, 0.1) is 0 Å². The van der Waals surface area contributed by atoms with Gasteiger partial charge < -0.3 is 34.3 Å². The summed E-state index contributed by atoms with van der Waals surface area (Å²) in [6.07, 6.45) is 2.57. The molecule has 14 heteroatoms. The zero-order valence-corrected chi connectivity index (χ0v) is 32.8. The summed E-state index contributed by atoms with van der Waals surface area (Å²) in [6.45, 7) is 4.26. The quantitative estimate of drug-likeness (QED) is 0.129. The highest BCUT2D eigenvalue weighted by Crippen LogP contribution is 2.30. The molecule has 0 bridgehead atoms. The summed E-state index contributed by atoms with van der Waals surface area (Å²) in [4.78, 5) is 60.7. The lowest BCUT2D eigenvalue weighted by Crippen LogP contribution is -2.47. The molecule has 3 heterocycles. The molecule has 2 saturated heterocycles. The van der Waals surface area contributed by atoms with Crippen LogP contribution in [0.15, 0.2) is 108 Å². The van der Waals surface area contributed by atoms with Gasteiger partial charge in [0.1, 0.15) is 23.6 Å². The number of carbonyl (C=O) groups is 4. The summed E-state index contributed by atoms with van der Waals surface area (Å²) in [5.41, 5.74) is 2.61. The molecular weight excluding hydrogens is 769 g/mol. The SMILES string of the molecule is CC(Oc1cccc(Cl)c1)C(=O)N1CCCC1C(=O)Nc1ccc(-c2cnc(-c3ccc(NC(=O)[C@@H]4CCCN4C(=O)[C@H](C)Oc4cccc(Cl)c4)cc3)o2)cc1. The van der Waals surface area contributed by atoms with Crippen molar-refractivity contribution in [3.63, 3.8) is 0 Å². The van der Waals surface area contributed by atoms with E-state index in [1.165, 1.54) is 0 Å². The van der Waals surface area contributed by atoms with Crippen LogP contribution < -0.4 is 20.1 Å². The Morgan fingerprint density at radius 2 is 1.14 bits per heavy atom. The molecule has 1 aromatic heterocycles. The van der Waals surface area contributed by atoms with E-state index in [1.807, 2.05) is 12.1 Å². The second-order valence-corrected chi connectivity index (χ2v) is 14.8. The van der Waals surface area contributed by atoms with Gasteiger partial charge in [0, 0.05) is 45.6 Å². The minimum absolute atomic E-state index is 0.264. The summed E-state index contributed by atoms with van der Waals surface area (Å²) < 4.78 is 17.7. The number of aromatic nitrogens is 1. The van der Waals surface area contributed by atoms with Crippen molar-refractivity contribution < 1.29 is 33.1 Å². The van der Waals surface area contributed by atoms with Crippen molar-refractivity contribution in [3.8, 4) is 34.3 Å². The molecule has 0 spiro atoms. The Kier molecular flexibility index (Phi) is 12.1. The molecule has 4 aromatic carbocycles. The van der Waals surface area contributed by atoms with Crippen LogP contribution in [0.5, 0.6) is 11.5 Å². The highest BCUT2D eigenvalue weighted by molar-refractivity contribution is 6.31. The Bertz CT molecular complexity index is 2090. The predicted octanol–water partition coefficient (Wildman–Crippen LogP) is 8.11. The monoisotopic (exact) mass is 809 g/mol. The molecule has 57 heavy (non-hydrogen) atoms. The molecule has 2 aliphatic rings. The molecule has 4 amide bonds. The number of nitrogens with one attached hydrogen (secondary N) is 2. The van der Waals surface area contributed by atoms with Gasteiger partial charge in [0.2, 0.25) is 17.7 Å². The molecule has 0 saturated carbocycles. The zero-order chi connectivity index (χ0) is 40.1. The van der Waals surface area contributed by atoms with Crippen molar-refractivity contribution in [1.82, 2.24) is 14.8 Å². The van der Waals surface area contributed by atoms with E-state index >= 15 is 0 Å². The van der Waals surface area contributed by atoms with Crippen LogP contribution in [-0.2, 0) is 19.2 Å². The number of benzene rings is 4. The number of anilines is 2. The zero-order valence-electron chi connectivity index (χ0n) is 31.3. The van der Waals surface area contributed by atoms with E-state index in [2.05, 4.69) is 15.6 Å². The number of likely N-dealkylation sites (tertiary alicyclic amines) is 2. The summed E-state index contributed by atoms with van der Waals surface area (Å²) in [5.74, 6) is 0.813. The van der Waals surface area contributed by atoms with E-state index in [0.29, 0.717) is 88.9 Å². The van der Waals surface area contributed by atoms with E-state index in [1.54, 1.807) is 115 Å². The lowest BCUT2D eigenvalue weighted by molar-refractivity contribution is -0.142. The number of halogens is 2. The highest BCUT2D eigenvalue weighted by Gasteiger charge is 2.38. The minimum Gasteiger partial charge on any atom is -0.481 e. The van der Waals surface area contributed by atoms with Crippen molar-refractivity contribution in [3.05, 3.63) is 113 Å². The molecule has 7 rings (SSSR count). The number of hydrogen-bond donors (Lipinski definition) is 2. The highest BCUT2D eigenvalue weighted by atomic mass is 35.5. The van der Waals surface area contributed by atoms with Gasteiger partial charge in [-0.1, -0.05) is 35.3 Å². The molecule has 5 aromatic rings. The fourth-order valence-corrected chi connectivity index (χ4v) is 7.43. The molecule has 12 nitrogen and oxygen atoms in total.